The number of carbonyl (C=O) groups excluding carboxylic acids is 1. The summed E-state index contributed by atoms with van der Waals surface area (Å²) < 4.78 is 1.61. The van der Waals surface area contributed by atoms with E-state index in [9.17, 15) is 14.9 Å². The topological polar surface area (TPSA) is 103 Å². The van der Waals surface area contributed by atoms with Gasteiger partial charge in [0.05, 0.1) is 15.4 Å². The second kappa shape index (κ2) is 6.38. The minimum absolute atomic E-state index is 0.00396. The Morgan fingerprint density at radius 3 is 2.86 bits per heavy atom. The summed E-state index contributed by atoms with van der Waals surface area (Å²) in [6.45, 7) is 0. The Kier molecular flexibility index (Phi) is 3.83. The molecule has 2 aliphatic rings. The first kappa shape index (κ1) is 16.8. The first-order valence-electron chi connectivity index (χ1n) is 8.90. The van der Waals surface area contributed by atoms with Crippen LogP contribution in [0, 0.1) is 10.1 Å². The van der Waals surface area contributed by atoms with Gasteiger partial charge in [0.15, 0.2) is 11.6 Å². The van der Waals surface area contributed by atoms with E-state index in [0.717, 1.165) is 17.0 Å². The van der Waals surface area contributed by atoms with E-state index in [-0.39, 0.29) is 11.5 Å². The molecule has 0 saturated carbocycles. The number of anilines is 1. The number of rotatable bonds is 3. The SMILES string of the molecule is O=C1CCCC2=C1C(c1ccccc1[N+](=O)[O-])n1nc(-c3cccs3)nc1N2. The summed E-state index contributed by atoms with van der Waals surface area (Å²) in [5, 5.41) is 21.5. The fourth-order valence-electron chi connectivity index (χ4n) is 3.84. The summed E-state index contributed by atoms with van der Waals surface area (Å²) in [6, 6.07) is 9.69. The van der Waals surface area contributed by atoms with Crippen molar-refractivity contribution in [2.75, 3.05) is 5.32 Å². The lowest BCUT2D eigenvalue weighted by Crippen LogP contribution is -2.31. The Labute approximate surface area is 163 Å². The third-order valence-corrected chi connectivity index (χ3v) is 5.90. The van der Waals surface area contributed by atoms with Gasteiger partial charge in [0.1, 0.15) is 6.04 Å². The molecule has 0 fully saturated rings. The van der Waals surface area contributed by atoms with Crippen LogP contribution < -0.4 is 5.32 Å². The molecule has 0 saturated heterocycles. The number of para-hydroxylation sites is 1. The Morgan fingerprint density at radius 1 is 1.21 bits per heavy atom. The van der Waals surface area contributed by atoms with Gasteiger partial charge in [-0.25, -0.2) is 4.68 Å². The molecule has 1 aromatic carbocycles. The lowest BCUT2D eigenvalue weighted by Gasteiger charge is -2.31. The fourth-order valence-corrected chi connectivity index (χ4v) is 4.49. The van der Waals surface area contributed by atoms with E-state index in [2.05, 4.69) is 15.4 Å². The molecule has 1 unspecified atom stereocenters. The summed E-state index contributed by atoms with van der Waals surface area (Å²) >= 11 is 1.52. The highest BCUT2D eigenvalue weighted by Crippen LogP contribution is 2.43. The fraction of sp³-hybridized carbons (Fsp3) is 0.211. The van der Waals surface area contributed by atoms with Gasteiger partial charge in [0.2, 0.25) is 5.95 Å². The highest BCUT2D eigenvalue weighted by atomic mass is 32.1. The summed E-state index contributed by atoms with van der Waals surface area (Å²) in [5.74, 6) is 1.03. The molecule has 0 spiro atoms. The molecule has 3 aromatic rings. The third kappa shape index (κ3) is 2.55. The van der Waals surface area contributed by atoms with Crippen molar-refractivity contribution in [2.24, 2.45) is 0 Å². The van der Waals surface area contributed by atoms with Gasteiger partial charge in [-0.2, -0.15) is 4.98 Å². The van der Waals surface area contributed by atoms with Crippen LogP contribution in [-0.4, -0.2) is 25.5 Å². The number of carbonyl (C=O) groups is 1. The van der Waals surface area contributed by atoms with Crippen LogP contribution in [0.1, 0.15) is 30.9 Å². The van der Waals surface area contributed by atoms with Crippen molar-refractivity contribution in [3.63, 3.8) is 0 Å². The quantitative estimate of drug-likeness (QED) is 0.534. The maximum absolute atomic E-state index is 12.8. The molecule has 0 bridgehead atoms. The maximum atomic E-state index is 12.8. The molecule has 1 aliphatic heterocycles. The molecule has 3 heterocycles. The number of hydrogen-bond donors (Lipinski definition) is 1. The van der Waals surface area contributed by atoms with E-state index in [4.69, 9.17) is 0 Å². The van der Waals surface area contributed by atoms with Gasteiger partial charge in [-0.3, -0.25) is 14.9 Å². The van der Waals surface area contributed by atoms with Gasteiger partial charge in [0.25, 0.3) is 5.69 Å². The zero-order chi connectivity index (χ0) is 19.3. The van der Waals surface area contributed by atoms with Crippen molar-refractivity contribution in [1.29, 1.82) is 0 Å². The molecule has 140 valence electrons. The predicted octanol–water partition coefficient (Wildman–Crippen LogP) is 3.94. The van der Waals surface area contributed by atoms with Crippen LogP contribution in [-0.2, 0) is 4.79 Å². The number of nitrogens with one attached hydrogen (secondary N) is 1. The van der Waals surface area contributed by atoms with Crippen molar-refractivity contribution in [3.8, 4) is 10.7 Å². The van der Waals surface area contributed by atoms with Crippen LogP contribution in [0.2, 0.25) is 0 Å². The van der Waals surface area contributed by atoms with Crippen molar-refractivity contribution in [2.45, 2.75) is 25.3 Å². The van der Waals surface area contributed by atoms with Crippen LogP contribution in [0.15, 0.2) is 53.0 Å². The van der Waals surface area contributed by atoms with Crippen molar-refractivity contribution in [1.82, 2.24) is 14.8 Å². The molecule has 8 nitrogen and oxygen atoms in total. The van der Waals surface area contributed by atoms with Gasteiger partial charge in [-0.05, 0) is 30.4 Å². The number of nitro groups is 1. The Bertz CT molecular complexity index is 1130. The zero-order valence-electron chi connectivity index (χ0n) is 14.7. The monoisotopic (exact) mass is 393 g/mol. The summed E-state index contributed by atoms with van der Waals surface area (Å²) in [5.41, 5.74) is 1.76. The molecule has 0 radical (unpaired) electrons. The number of nitrogens with zero attached hydrogens (tertiary/aromatic N) is 4. The van der Waals surface area contributed by atoms with Crippen LogP contribution in [0.4, 0.5) is 11.6 Å². The number of allylic oxidation sites excluding steroid dienone is 2. The second-order valence-corrected chi connectivity index (χ2v) is 7.64. The van der Waals surface area contributed by atoms with Crippen LogP contribution in [0.25, 0.3) is 10.7 Å². The molecular formula is C19H15N5O3S. The average Bonchev–Trinajstić information content (AvgIpc) is 3.36. The van der Waals surface area contributed by atoms with Gasteiger partial charge in [-0.15, -0.1) is 16.4 Å². The van der Waals surface area contributed by atoms with Gasteiger partial charge < -0.3 is 5.32 Å². The first-order valence-corrected chi connectivity index (χ1v) is 9.78. The Morgan fingerprint density at radius 2 is 2.07 bits per heavy atom. The summed E-state index contributed by atoms with van der Waals surface area (Å²) in [4.78, 5) is 29.5. The van der Waals surface area contributed by atoms with E-state index in [0.29, 0.717) is 35.8 Å². The smallest absolute Gasteiger partial charge is 0.275 e. The van der Waals surface area contributed by atoms with Crippen LogP contribution in [0.5, 0.6) is 0 Å². The number of Topliss-reactive ketones (excluding diaryl/α,β-unsaturated/α-hetero) is 1. The van der Waals surface area contributed by atoms with Crippen LogP contribution >= 0.6 is 11.3 Å². The van der Waals surface area contributed by atoms with Gasteiger partial charge >= 0.3 is 0 Å². The van der Waals surface area contributed by atoms with E-state index < -0.39 is 11.0 Å². The standard InChI is InChI=1S/C19H15N5O3S/c25-14-8-3-6-12-16(14)17(11-5-1-2-7-13(11)24(26)27)23-19(20-12)21-18(22-23)15-9-4-10-28-15/h1-2,4-5,7,9-10,17H,3,6,8H2,(H,20,21,22). The number of aromatic nitrogens is 3. The van der Waals surface area contributed by atoms with E-state index in [1.165, 1.54) is 17.4 Å². The van der Waals surface area contributed by atoms with Crippen LogP contribution in [0.3, 0.4) is 0 Å². The molecular weight excluding hydrogens is 378 g/mol. The van der Waals surface area contributed by atoms with Gasteiger partial charge in [-0.1, -0.05) is 18.2 Å². The number of ketones is 1. The van der Waals surface area contributed by atoms with Crippen molar-refractivity contribution < 1.29 is 9.72 Å². The Balaban J connectivity index is 1.74. The minimum Gasteiger partial charge on any atom is -0.328 e. The minimum atomic E-state index is -0.665. The lowest BCUT2D eigenvalue weighted by atomic mass is 9.85. The highest BCUT2D eigenvalue weighted by Gasteiger charge is 2.39. The predicted molar refractivity (Wildman–Crippen MR) is 104 cm³/mol. The number of benzene rings is 1. The molecule has 5 rings (SSSR count). The number of fused-ring (bicyclic) bond motifs is 1. The largest absolute Gasteiger partial charge is 0.328 e. The number of thiophene rings is 1. The van der Waals surface area contributed by atoms with E-state index in [1.54, 1.807) is 22.9 Å². The normalized spacial score (nSPS) is 18.4. The van der Waals surface area contributed by atoms with E-state index >= 15 is 0 Å². The van der Waals surface area contributed by atoms with Crippen molar-refractivity contribution >= 4 is 28.8 Å². The zero-order valence-corrected chi connectivity index (χ0v) is 15.5. The van der Waals surface area contributed by atoms with E-state index in [1.807, 2.05) is 17.5 Å². The molecule has 1 atom stereocenters. The molecule has 28 heavy (non-hydrogen) atoms. The number of nitro benzene ring substituents is 1. The molecule has 1 aliphatic carbocycles. The van der Waals surface area contributed by atoms with Crippen molar-refractivity contribution in [3.05, 3.63) is 68.7 Å². The number of hydrogen-bond acceptors (Lipinski definition) is 7. The third-order valence-electron chi connectivity index (χ3n) is 5.04. The van der Waals surface area contributed by atoms with Gasteiger partial charge in [0, 0.05) is 23.8 Å². The molecule has 9 heteroatoms. The lowest BCUT2D eigenvalue weighted by molar-refractivity contribution is -0.385. The first-order chi connectivity index (χ1) is 13.6. The summed E-state index contributed by atoms with van der Waals surface area (Å²) in [6.07, 6.45) is 1.89. The second-order valence-electron chi connectivity index (χ2n) is 6.69. The average molecular weight is 393 g/mol. The molecule has 2 aromatic heterocycles. The highest BCUT2D eigenvalue weighted by molar-refractivity contribution is 7.13. The maximum Gasteiger partial charge on any atom is 0.275 e. The molecule has 1 N–H and O–H groups in total. The Hall–Kier alpha value is -3.33. The molecule has 0 amide bonds. The summed E-state index contributed by atoms with van der Waals surface area (Å²) in [7, 11) is 0.